The van der Waals surface area contributed by atoms with Crippen molar-refractivity contribution < 1.29 is 23.9 Å². The van der Waals surface area contributed by atoms with E-state index in [2.05, 4.69) is 13.8 Å². The van der Waals surface area contributed by atoms with Gasteiger partial charge in [-0.1, -0.05) is 6.07 Å². The Morgan fingerprint density at radius 3 is 2.67 bits per heavy atom. The first kappa shape index (κ1) is 15.8. The van der Waals surface area contributed by atoms with E-state index in [0.29, 0.717) is 23.7 Å². The van der Waals surface area contributed by atoms with Crippen LogP contribution >= 0.6 is 0 Å². The van der Waals surface area contributed by atoms with E-state index in [1.54, 1.807) is 25.3 Å². The predicted octanol–water partition coefficient (Wildman–Crippen LogP) is 0.579. The number of methoxy groups -OCH3 is 1. The molecular formula is C16H24NO4+. The van der Waals surface area contributed by atoms with Gasteiger partial charge >= 0.3 is 0 Å². The zero-order chi connectivity index (χ0) is 15.2. The monoisotopic (exact) mass is 294 g/mol. The van der Waals surface area contributed by atoms with Crippen LogP contribution < -0.4 is 14.4 Å². The number of para-hydroxylation sites is 1. The van der Waals surface area contributed by atoms with Crippen molar-refractivity contribution in [2.75, 3.05) is 33.4 Å². The van der Waals surface area contributed by atoms with Gasteiger partial charge in [-0.25, -0.2) is 0 Å². The van der Waals surface area contributed by atoms with Crippen LogP contribution in [0, 0.1) is 0 Å². The molecule has 1 fully saturated rings. The number of rotatable bonds is 6. The van der Waals surface area contributed by atoms with Crippen LogP contribution in [0.1, 0.15) is 24.2 Å². The first-order chi connectivity index (χ1) is 10.1. The molecule has 0 saturated carbocycles. The molecule has 2 rings (SSSR count). The third kappa shape index (κ3) is 4.19. The van der Waals surface area contributed by atoms with Gasteiger partial charge in [0.25, 0.3) is 0 Å². The molecular weight excluding hydrogens is 270 g/mol. The summed E-state index contributed by atoms with van der Waals surface area (Å²) in [5.41, 5.74) is 0.521. The number of nitrogens with one attached hydrogen (secondary N) is 1. The van der Waals surface area contributed by atoms with Gasteiger partial charge in [-0.3, -0.25) is 4.79 Å². The third-order valence-electron chi connectivity index (χ3n) is 3.68. The molecule has 1 N–H and O–H groups in total. The molecule has 0 bridgehead atoms. The van der Waals surface area contributed by atoms with Gasteiger partial charge in [0, 0.05) is 0 Å². The topological polar surface area (TPSA) is 49.2 Å². The summed E-state index contributed by atoms with van der Waals surface area (Å²) >= 11 is 0. The van der Waals surface area contributed by atoms with Crippen molar-refractivity contribution in [2.24, 2.45) is 0 Å². The highest BCUT2D eigenvalue weighted by atomic mass is 16.5. The number of ether oxygens (including phenoxy) is 3. The lowest BCUT2D eigenvalue weighted by molar-refractivity contribution is -0.915. The molecule has 5 heteroatoms. The molecule has 0 aliphatic carbocycles. The number of carbonyl (C=O) groups is 1. The Balaban J connectivity index is 1.92. The average molecular weight is 294 g/mol. The Morgan fingerprint density at radius 2 is 2.05 bits per heavy atom. The van der Waals surface area contributed by atoms with E-state index in [1.807, 2.05) is 0 Å². The molecule has 0 amide bonds. The molecule has 1 saturated heterocycles. The molecule has 1 aromatic carbocycles. The Bertz CT molecular complexity index is 467. The van der Waals surface area contributed by atoms with Crippen LogP contribution in [-0.2, 0) is 4.74 Å². The van der Waals surface area contributed by atoms with E-state index < -0.39 is 0 Å². The normalized spacial score (nSPS) is 25.4. The standard InChI is InChI=1S/C16H23NO4/c1-12-9-17(10-13(2)21-12)7-8-20-16-14(11-18)5-4-6-15(16)19-3/h4-6,11-13H,7-10H2,1-3H3/p+1/t12-,13-/m1/s1. The minimum absolute atomic E-state index is 0.278. The highest BCUT2D eigenvalue weighted by molar-refractivity contribution is 5.81. The SMILES string of the molecule is COc1cccc(C=O)c1OCC[NH+]1C[C@@H](C)O[C@H](C)C1. The molecule has 0 aromatic heterocycles. The van der Waals surface area contributed by atoms with Crippen molar-refractivity contribution in [3.8, 4) is 11.5 Å². The predicted molar refractivity (Wildman–Crippen MR) is 79.4 cm³/mol. The van der Waals surface area contributed by atoms with E-state index >= 15 is 0 Å². The molecule has 116 valence electrons. The maximum Gasteiger partial charge on any atom is 0.171 e. The summed E-state index contributed by atoms with van der Waals surface area (Å²) in [6.45, 7) is 7.60. The number of aldehydes is 1. The van der Waals surface area contributed by atoms with Crippen LogP contribution in [0.5, 0.6) is 11.5 Å². The maximum atomic E-state index is 11.1. The van der Waals surface area contributed by atoms with Crippen LogP contribution in [0.15, 0.2) is 18.2 Å². The van der Waals surface area contributed by atoms with Crippen molar-refractivity contribution in [2.45, 2.75) is 26.1 Å². The molecule has 1 aromatic rings. The van der Waals surface area contributed by atoms with Crippen LogP contribution in [0.2, 0.25) is 0 Å². The van der Waals surface area contributed by atoms with Crippen molar-refractivity contribution in [1.29, 1.82) is 0 Å². The van der Waals surface area contributed by atoms with Gasteiger partial charge in [-0.15, -0.1) is 0 Å². The molecule has 1 heterocycles. The second kappa shape index (κ2) is 7.43. The summed E-state index contributed by atoms with van der Waals surface area (Å²) < 4.78 is 16.8. The summed E-state index contributed by atoms with van der Waals surface area (Å²) in [5, 5.41) is 0. The summed E-state index contributed by atoms with van der Waals surface area (Å²) in [5.74, 6) is 1.13. The second-order valence-electron chi connectivity index (χ2n) is 5.51. The van der Waals surface area contributed by atoms with Crippen molar-refractivity contribution in [3.63, 3.8) is 0 Å². The van der Waals surface area contributed by atoms with Gasteiger partial charge in [0.1, 0.15) is 38.4 Å². The fourth-order valence-electron chi connectivity index (χ4n) is 2.83. The van der Waals surface area contributed by atoms with Crippen molar-refractivity contribution in [3.05, 3.63) is 23.8 Å². The van der Waals surface area contributed by atoms with E-state index in [0.717, 1.165) is 25.9 Å². The fourth-order valence-corrected chi connectivity index (χ4v) is 2.83. The summed E-state index contributed by atoms with van der Waals surface area (Å²) in [7, 11) is 1.58. The van der Waals surface area contributed by atoms with Crippen LogP contribution in [0.25, 0.3) is 0 Å². The van der Waals surface area contributed by atoms with E-state index in [4.69, 9.17) is 14.2 Å². The van der Waals surface area contributed by atoms with Crippen LogP contribution in [0.3, 0.4) is 0 Å². The van der Waals surface area contributed by atoms with E-state index in [-0.39, 0.29) is 12.2 Å². The van der Waals surface area contributed by atoms with Gasteiger partial charge in [-0.05, 0) is 26.0 Å². The van der Waals surface area contributed by atoms with Crippen LogP contribution in [0.4, 0.5) is 0 Å². The van der Waals surface area contributed by atoms with Gasteiger partial charge < -0.3 is 19.1 Å². The first-order valence-electron chi connectivity index (χ1n) is 7.38. The summed E-state index contributed by atoms with van der Waals surface area (Å²) in [6.07, 6.45) is 1.35. The van der Waals surface area contributed by atoms with Gasteiger partial charge in [0.2, 0.25) is 0 Å². The Labute approximate surface area is 125 Å². The highest BCUT2D eigenvalue weighted by Gasteiger charge is 2.25. The number of hydrogen-bond donors (Lipinski definition) is 1. The van der Waals surface area contributed by atoms with Crippen LogP contribution in [-0.4, -0.2) is 51.8 Å². The van der Waals surface area contributed by atoms with E-state index in [1.165, 1.54) is 4.90 Å². The Morgan fingerprint density at radius 1 is 1.33 bits per heavy atom. The molecule has 1 aliphatic heterocycles. The lowest BCUT2D eigenvalue weighted by atomic mass is 10.2. The van der Waals surface area contributed by atoms with Crippen molar-refractivity contribution >= 4 is 6.29 Å². The number of morpholine rings is 1. The largest absolute Gasteiger partial charge is 0.493 e. The minimum atomic E-state index is 0.278. The van der Waals surface area contributed by atoms with Gasteiger partial charge in [0.05, 0.1) is 12.7 Å². The zero-order valence-electron chi connectivity index (χ0n) is 12.9. The third-order valence-corrected chi connectivity index (χ3v) is 3.68. The highest BCUT2D eigenvalue weighted by Crippen LogP contribution is 2.29. The fraction of sp³-hybridized carbons (Fsp3) is 0.562. The number of quaternary nitrogens is 1. The molecule has 1 aliphatic rings. The average Bonchev–Trinajstić information content (AvgIpc) is 2.46. The second-order valence-corrected chi connectivity index (χ2v) is 5.51. The molecule has 5 nitrogen and oxygen atoms in total. The Hall–Kier alpha value is -1.59. The molecule has 0 radical (unpaired) electrons. The van der Waals surface area contributed by atoms with Crippen molar-refractivity contribution in [1.82, 2.24) is 0 Å². The smallest absolute Gasteiger partial charge is 0.171 e. The van der Waals surface area contributed by atoms with E-state index in [9.17, 15) is 4.79 Å². The minimum Gasteiger partial charge on any atom is -0.493 e. The number of benzene rings is 1. The lowest BCUT2D eigenvalue weighted by Crippen LogP contribution is -3.16. The van der Waals surface area contributed by atoms with Gasteiger partial charge in [0.15, 0.2) is 17.8 Å². The maximum absolute atomic E-state index is 11.1. The summed E-state index contributed by atoms with van der Waals surface area (Å²) in [4.78, 5) is 12.6. The Kier molecular flexibility index (Phi) is 5.59. The zero-order valence-corrected chi connectivity index (χ0v) is 12.9. The molecule has 0 unspecified atom stereocenters. The quantitative estimate of drug-likeness (QED) is 0.780. The molecule has 2 atom stereocenters. The molecule has 21 heavy (non-hydrogen) atoms. The number of carbonyl (C=O) groups excluding carboxylic acids is 1. The van der Waals surface area contributed by atoms with Gasteiger partial charge in [-0.2, -0.15) is 0 Å². The lowest BCUT2D eigenvalue weighted by Gasteiger charge is -2.32. The number of hydrogen-bond acceptors (Lipinski definition) is 4. The first-order valence-corrected chi connectivity index (χ1v) is 7.38. The summed E-state index contributed by atoms with van der Waals surface area (Å²) in [6, 6.07) is 5.32. The molecule has 0 spiro atoms.